The molecule has 0 saturated heterocycles. The topological polar surface area (TPSA) is 72.2 Å². The molecule has 22 heavy (non-hydrogen) atoms. The molecule has 0 aromatic heterocycles. The largest absolute Gasteiger partial charge is 0.416 e. The Hall–Kier alpha value is -2.31. The highest BCUT2D eigenvalue weighted by Crippen LogP contribution is 2.29. The third-order valence-electron chi connectivity index (χ3n) is 2.85. The number of alkyl halides is 3. The average Bonchev–Trinajstić information content (AvgIpc) is 2.36. The van der Waals surface area contributed by atoms with E-state index in [9.17, 15) is 22.8 Å². The minimum Gasteiger partial charge on any atom is -0.368 e. The van der Waals surface area contributed by atoms with Crippen LogP contribution in [0.3, 0.4) is 0 Å². The Morgan fingerprint density at radius 1 is 1.36 bits per heavy atom. The van der Waals surface area contributed by atoms with Gasteiger partial charge in [-0.3, -0.25) is 9.59 Å². The molecule has 1 atom stereocenters. The standard InChI is InChI=1S/C15H17F3N2O2/c1-9(2)6-12(14(19)22)20-13(21)8-10-4-3-5-11(7-10)15(16,17)18/h3-5,7,12H,1,6,8H2,2H3,(H2,19,22)(H,20,21)/t12-/m0/s1. The van der Waals surface area contributed by atoms with Crippen LogP contribution in [0.1, 0.15) is 24.5 Å². The summed E-state index contributed by atoms with van der Waals surface area (Å²) in [7, 11) is 0. The fraction of sp³-hybridized carbons (Fsp3) is 0.333. The first kappa shape index (κ1) is 17.7. The van der Waals surface area contributed by atoms with Crippen LogP contribution in [0.25, 0.3) is 0 Å². The van der Waals surface area contributed by atoms with Crippen LogP contribution in [0.5, 0.6) is 0 Å². The maximum absolute atomic E-state index is 12.6. The fourth-order valence-electron chi connectivity index (χ4n) is 1.86. The molecule has 0 fully saturated rings. The van der Waals surface area contributed by atoms with Gasteiger partial charge in [0.2, 0.25) is 11.8 Å². The van der Waals surface area contributed by atoms with Gasteiger partial charge in [-0.2, -0.15) is 13.2 Å². The maximum atomic E-state index is 12.6. The lowest BCUT2D eigenvalue weighted by atomic mass is 10.1. The number of hydrogen-bond acceptors (Lipinski definition) is 2. The number of hydrogen-bond donors (Lipinski definition) is 2. The lowest BCUT2D eigenvalue weighted by Gasteiger charge is -2.15. The molecule has 2 amide bonds. The van der Waals surface area contributed by atoms with Crippen LogP contribution in [0.2, 0.25) is 0 Å². The summed E-state index contributed by atoms with van der Waals surface area (Å²) in [5, 5.41) is 2.40. The molecule has 0 aliphatic rings. The van der Waals surface area contributed by atoms with E-state index in [1.54, 1.807) is 6.92 Å². The van der Waals surface area contributed by atoms with E-state index in [4.69, 9.17) is 5.73 Å². The Labute approximate surface area is 126 Å². The van der Waals surface area contributed by atoms with Crippen molar-refractivity contribution in [1.29, 1.82) is 0 Å². The Morgan fingerprint density at radius 3 is 2.50 bits per heavy atom. The molecule has 7 heteroatoms. The van der Waals surface area contributed by atoms with Gasteiger partial charge >= 0.3 is 6.18 Å². The maximum Gasteiger partial charge on any atom is 0.416 e. The first-order chi connectivity index (χ1) is 10.1. The normalized spacial score (nSPS) is 12.5. The van der Waals surface area contributed by atoms with Gasteiger partial charge in [-0.15, -0.1) is 6.58 Å². The minimum atomic E-state index is -4.47. The Morgan fingerprint density at radius 2 is 2.00 bits per heavy atom. The molecule has 0 bridgehead atoms. The quantitative estimate of drug-likeness (QED) is 0.790. The van der Waals surface area contributed by atoms with E-state index in [-0.39, 0.29) is 18.4 Å². The molecule has 0 unspecified atom stereocenters. The molecular weight excluding hydrogens is 297 g/mol. The van der Waals surface area contributed by atoms with Gasteiger partial charge in [0.15, 0.2) is 0 Å². The van der Waals surface area contributed by atoms with E-state index in [0.717, 1.165) is 12.1 Å². The lowest BCUT2D eigenvalue weighted by Crippen LogP contribution is -2.45. The van der Waals surface area contributed by atoms with E-state index >= 15 is 0 Å². The number of benzene rings is 1. The molecule has 1 rings (SSSR count). The van der Waals surface area contributed by atoms with E-state index in [0.29, 0.717) is 5.57 Å². The Bertz CT molecular complexity index is 582. The van der Waals surface area contributed by atoms with Gasteiger partial charge in [0.25, 0.3) is 0 Å². The second-order valence-electron chi connectivity index (χ2n) is 5.06. The molecular formula is C15H17F3N2O2. The summed E-state index contributed by atoms with van der Waals surface area (Å²) in [6.45, 7) is 5.30. The molecule has 1 aromatic rings. The second kappa shape index (κ2) is 7.11. The van der Waals surface area contributed by atoms with Gasteiger partial charge in [0.1, 0.15) is 6.04 Å². The zero-order chi connectivity index (χ0) is 16.9. The molecule has 0 aliphatic heterocycles. The van der Waals surface area contributed by atoms with Crippen LogP contribution in [-0.4, -0.2) is 17.9 Å². The highest BCUT2D eigenvalue weighted by Gasteiger charge is 2.30. The third-order valence-corrected chi connectivity index (χ3v) is 2.85. The highest BCUT2D eigenvalue weighted by molar-refractivity contribution is 5.87. The number of halogens is 3. The van der Waals surface area contributed by atoms with Crippen molar-refractivity contribution in [3.05, 3.63) is 47.5 Å². The summed E-state index contributed by atoms with van der Waals surface area (Å²) in [6.07, 6.45) is -4.56. The summed E-state index contributed by atoms with van der Waals surface area (Å²) in [6, 6.07) is 3.54. The predicted octanol–water partition coefficient (Wildman–Crippen LogP) is 2.18. The molecule has 0 radical (unpaired) electrons. The van der Waals surface area contributed by atoms with Gasteiger partial charge in [0, 0.05) is 0 Å². The van der Waals surface area contributed by atoms with Gasteiger partial charge < -0.3 is 11.1 Å². The molecule has 0 spiro atoms. The summed E-state index contributed by atoms with van der Waals surface area (Å²) >= 11 is 0. The van der Waals surface area contributed by atoms with Crippen molar-refractivity contribution in [2.45, 2.75) is 32.0 Å². The average molecular weight is 314 g/mol. The zero-order valence-corrected chi connectivity index (χ0v) is 12.0. The van der Waals surface area contributed by atoms with Gasteiger partial charge in [0.05, 0.1) is 12.0 Å². The Balaban J connectivity index is 2.76. The van der Waals surface area contributed by atoms with Crippen molar-refractivity contribution in [1.82, 2.24) is 5.32 Å². The smallest absolute Gasteiger partial charge is 0.368 e. The van der Waals surface area contributed by atoms with Crippen LogP contribution in [-0.2, 0) is 22.2 Å². The number of primary amides is 1. The molecule has 0 aliphatic carbocycles. The predicted molar refractivity (Wildman–Crippen MR) is 75.7 cm³/mol. The first-order valence-corrected chi connectivity index (χ1v) is 6.49. The number of amides is 2. The minimum absolute atomic E-state index is 0.184. The Kier molecular flexibility index (Phi) is 5.73. The van der Waals surface area contributed by atoms with Gasteiger partial charge in [-0.25, -0.2) is 0 Å². The lowest BCUT2D eigenvalue weighted by molar-refractivity contribution is -0.137. The molecule has 120 valence electrons. The number of carbonyl (C=O) groups is 2. The highest BCUT2D eigenvalue weighted by atomic mass is 19.4. The number of carbonyl (C=O) groups excluding carboxylic acids is 2. The van der Waals surface area contributed by atoms with E-state index in [1.165, 1.54) is 12.1 Å². The van der Waals surface area contributed by atoms with Crippen molar-refractivity contribution < 1.29 is 22.8 Å². The zero-order valence-electron chi connectivity index (χ0n) is 12.0. The van der Waals surface area contributed by atoms with Crippen molar-refractivity contribution >= 4 is 11.8 Å². The van der Waals surface area contributed by atoms with Gasteiger partial charge in [-0.05, 0) is 25.0 Å². The summed E-state index contributed by atoms with van der Waals surface area (Å²) < 4.78 is 37.8. The monoisotopic (exact) mass is 314 g/mol. The molecule has 0 saturated carbocycles. The van der Waals surface area contributed by atoms with Crippen molar-refractivity contribution in [3.63, 3.8) is 0 Å². The SMILES string of the molecule is C=C(C)C[C@H](NC(=O)Cc1cccc(C(F)(F)F)c1)C(N)=O. The van der Waals surface area contributed by atoms with Crippen molar-refractivity contribution in [2.75, 3.05) is 0 Å². The van der Waals surface area contributed by atoms with E-state index in [2.05, 4.69) is 11.9 Å². The van der Waals surface area contributed by atoms with Crippen LogP contribution in [0, 0.1) is 0 Å². The van der Waals surface area contributed by atoms with E-state index < -0.39 is 29.6 Å². The molecule has 1 aromatic carbocycles. The van der Waals surface area contributed by atoms with Crippen molar-refractivity contribution in [3.8, 4) is 0 Å². The summed E-state index contributed by atoms with van der Waals surface area (Å²) in [5.74, 6) is -1.30. The number of rotatable bonds is 6. The molecule has 0 heterocycles. The van der Waals surface area contributed by atoms with Crippen molar-refractivity contribution in [2.24, 2.45) is 5.73 Å². The first-order valence-electron chi connectivity index (χ1n) is 6.49. The second-order valence-corrected chi connectivity index (χ2v) is 5.06. The van der Waals surface area contributed by atoms with Gasteiger partial charge in [-0.1, -0.05) is 23.8 Å². The summed E-state index contributed by atoms with van der Waals surface area (Å²) in [4.78, 5) is 23.1. The van der Waals surface area contributed by atoms with E-state index in [1.807, 2.05) is 0 Å². The fourth-order valence-corrected chi connectivity index (χ4v) is 1.86. The molecule has 4 nitrogen and oxygen atoms in total. The molecule has 3 N–H and O–H groups in total. The number of nitrogens with one attached hydrogen (secondary N) is 1. The van der Waals surface area contributed by atoms with Crippen LogP contribution < -0.4 is 11.1 Å². The third kappa shape index (κ3) is 5.59. The summed E-state index contributed by atoms with van der Waals surface area (Å²) in [5.41, 5.74) is 5.19. The number of nitrogens with two attached hydrogens (primary N) is 1. The van der Waals surface area contributed by atoms with Crippen LogP contribution in [0.4, 0.5) is 13.2 Å². The van der Waals surface area contributed by atoms with Crippen LogP contribution in [0.15, 0.2) is 36.4 Å². The van der Waals surface area contributed by atoms with Crippen LogP contribution >= 0.6 is 0 Å².